The van der Waals surface area contributed by atoms with Crippen LogP contribution in [-0.2, 0) is 21.3 Å². The Hall–Kier alpha value is -1.14. The Bertz CT molecular complexity index is 572. The third kappa shape index (κ3) is 6.11. The average molecular weight is 359 g/mol. The zero-order valence-corrected chi connectivity index (χ0v) is 15.3. The highest BCUT2D eigenvalue weighted by atomic mass is 35.5. The van der Waals surface area contributed by atoms with Gasteiger partial charge in [-0.3, -0.25) is 4.21 Å². The van der Waals surface area contributed by atoms with E-state index in [1.807, 2.05) is 26.8 Å². The van der Waals surface area contributed by atoms with Gasteiger partial charge in [0, 0.05) is 35.8 Å². The highest BCUT2D eigenvalue weighted by Gasteiger charge is 2.30. The molecule has 0 radical (unpaired) electrons. The van der Waals surface area contributed by atoms with Crippen LogP contribution in [0, 0.1) is 5.92 Å². The number of hydrogen-bond acceptors (Lipinski definition) is 4. The van der Waals surface area contributed by atoms with Crippen molar-refractivity contribution in [2.75, 3.05) is 18.8 Å². The van der Waals surface area contributed by atoms with E-state index in [1.54, 1.807) is 17.2 Å². The average Bonchev–Trinajstić information content (AvgIpc) is 2.88. The Morgan fingerprint density at radius 3 is 2.83 bits per heavy atom. The maximum Gasteiger partial charge on any atom is 0.410 e. The minimum atomic E-state index is -0.977. The zero-order valence-electron chi connectivity index (χ0n) is 13.8. The molecular weight excluding hydrogens is 336 g/mol. The summed E-state index contributed by atoms with van der Waals surface area (Å²) in [5, 5.41) is 0.434. The lowest BCUT2D eigenvalue weighted by molar-refractivity contribution is 0.0289. The standard InChI is InChI=1S/C16H23ClN2O3S/c1-16(2,3)22-15(20)19-7-6-13(9-19)11-23(21)10-12-4-5-14(17)18-8-12/h4-5,8,13H,6-7,9-11H2,1-3H3/t13-,23+/m0/s1. The van der Waals surface area contributed by atoms with Gasteiger partial charge in [0.05, 0.1) is 5.75 Å². The van der Waals surface area contributed by atoms with Gasteiger partial charge in [0.25, 0.3) is 0 Å². The maximum atomic E-state index is 12.3. The molecule has 7 heteroatoms. The summed E-state index contributed by atoms with van der Waals surface area (Å²) < 4.78 is 17.6. The Labute approximate surface area is 144 Å². The third-order valence-electron chi connectivity index (χ3n) is 3.48. The molecule has 0 aromatic carbocycles. The first kappa shape index (κ1) is 18.2. The van der Waals surface area contributed by atoms with E-state index in [9.17, 15) is 9.00 Å². The lowest BCUT2D eigenvalue weighted by Crippen LogP contribution is -2.35. The van der Waals surface area contributed by atoms with Crippen LogP contribution in [0.25, 0.3) is 0 Å². The quantitative estimate of drug-likeness (QED) is 0.775. The first-order valence-electron chi connectivity index (χ1n) is 7.66. The fourth-order valence-electron chi connectivity index (χ4n) is 2.46. The second-order valence-electron chi connectivity index (χ2n) is 6.82. The van der Waals surface area contributed by atoms with E-state index in [1.165, 1.54) is 0 Å². The summed E-state index contributed by atoms with van der Waals surface area (Å²) in [4.78, 5) is 17.7. The second-order valence-corrected chi connectivity index (χ2v) is 8.71. The predicted molar refractivity (Wildman–Crippen MR) is 91.9 cm³/mol. The van der Waals surface area contributed by atoms with Gasteiger partial charge in [-0.05, 0) is 44.7 Å². The monoisotopic (exact) mass is 358 g/mol. The van der Waals surface area contributed by atoms with Gasteiger partial charge in [-0.25, -0.2) is 9.78 Å². The van der Waals surface area contributed by atoms with Crippen LogP contribution in [0.5, 0.6) is 0 Å². The molecular formula is C16H23ClN2O3S. The van der Waals surface area contributed by atoms with Gasteiger partial charge >= 0.3 is 6.09 Å². The van der Waals surface area contributed by atoms with Crippen LogP contribution in [0.3, 0.4) is 0 Å². The van der Waals surface area contributed by atoms with E-state index < -0.39 is 16.4 Å². The summed E-state index contributed by atoms with van der Waals surface area (Å²) in [6.45, 7) is 6.84. The van der Waals surface area contributed by atoms with E-state index in [4.69, 9.17) is 16.3 Å². The number of nitrogens with zero attached hydrogens (tertiary/aromatic N) is 2. The highest BCUT2D eigenvalue weighted by Crippen LogP contribution is 2.21. The molecule has 0 unspecified atom stereocenters. The molecule has 0 spiro atoms. The first-order valence-corrected chi connectivity index (χ1v) is 9.53. The van der Waals surface area contributed by atoms with Crippen LogP contribution in [-0.4, -0.2) is 44.6 Å². The number of amides is 1. The summed E-state index contributed by atoms with van der Waals surface area (Å²) in [6, 6.07) is 3.54. The summed E-state index contributed by atoms with van der Waals surface area (Å²) in [5.41, 5.74) is 0.425. The van der Waals surface area contributed by atoms with Crippen molar-refractivity contribution in [1.82, 2.24) is 9.88 Å². The van der Waals surface area contributed by atoms with Crippen LogP contribution in [0.1, 0.15) is 32.8 Å². The molecule has 2 heterocycles. The molecule has 1 aliphatic heterocycles. The maximum absolute atomic E-state index is 12.3. The molecule has 5 nitrogen and oxygen atoms in total. The molecule has 23 heavy (non-hydrogen) atoms. The number of likely N-dealkylation sites (tertiary alicyclic amines) is 1. The normalized spacial score (nSPS) is 19.7. The van der Waals surface area contributed by atoms with Crippen LogP contribution in [0.4, 0.5) is 4.79 Å². The molecule has 1 aromatic heterocycles. The van der Waals surface area contributed by atoms with Crippen molar-refractivity contribution in [2.24, 2.45) is 5.92 Å². The van der Waals surface area contributed by atoms with Gasteiger partial charge < -0.3 is 9.64 Å². The first-order chi connectivity index (χ1) is 10.7. The van der Waals surface area contributed by atoms with Crippen LogP contribution < -0.4 is 0 Å². The summed E-state index contributed by atoms with van der Waals surface area (Å²) in [7, 11) is -0.977. The van der Waals surface area contributed by atoms with Gasteiger partial charge in [0.1, 0.15) is 10.8 Å². The van der Waals surface area contributed by atoms with E-state index >= 15 is 0 Å². The smallest absolute Gasteiger partial charge is 0.410 e. The number of pyridine rings is 1. The van der Waals surface area contributed by atoms with Crippen molar-refractivity contribution in [3.05, 3.63) is 29.0 Å². The zero-order chi connectivity index (χ0) is 17.0. The van der Waals surface area contributed by atoms with E-state index in [0.717, 1.165) is 12.0 Å². The molecule has 0 bridgehead atoms. The number of ether oxygens (including phenoxy) is 1. The number of carbonyl (C=O) groups excluding carboxylic acids is 1. The molecule has 0 saturated carbocycles. The van der Waals surface area contributed by atoms with Gasteiger partial charge in [0.15, 0.2) is 0 Å². The minimum Gasteiger partial charge on any atom is -0.444 e. The molecule has 1 saturated heterocycles. The van der Waals surface area contributed by atoms with Gasteiger partial charge in [-0.2, -0.15) is 0 Å². The molecule has 1 fully saturated rings. The fourth-order valence-corrected chi connectivity index (χ4v) is 4.03. The van der Waals surface area contributed by atoms with Crippen LogP contribution in [0.15, 0.2) is 18.3 Å². The molecule has 128 valence electrons. The molecule has 1 aromatic rings. The van der Waals surface area contributed by atoms with E-state index in [-0.39, 0.29) is 12.0 Å². The van der Waals surface area contributed by atoms with Crippen molar-refractivity contribution in [1.29, 1.82) is 0 Å². The topological polar surface area (TPSA) is 59.5 Å². The molecule has 0 aliphatic carbocycles. The third-order valence-corrected chi connectivity index (χ3v) is 5.20. The number of halogens is 1. The van der Waals surface area contributed by atoms with Gasteiger partial charge in [0.2, 0.25) is 0 Å². The SMILES string of the molecule is CC(C)(C)OC(=O)N1CC[C@H](C[S@](=O)Cc2ccc(Cl)nc2)C1. The highest BCUT2D eigenvalue weighted by molar-refractivity contribution is 7.84. The molecule has 2 atom stereocenters. The van der Waals surface area contributed by atoms with E-state index in [2.05, 4.69) is 4.98 Å². The lowest BCUT2D eigenvalue weighted by Gasteiger charge is -2.24. The van der Waals surface area contributed by atoms with Crippen LogP contribution >= 0.6 is 11.6 Å². The molecule has 0 N–H and O–H groups in total. The minimum absolute atomic E-state index is 0.253. The van der Waals surface area contributed by atoms with Crippen molar-refractivity contribution < 1.29 is 13.7 Å². The van der Waals surface area contributed by atoms with Crippen molar-refractivity contribution in [2.45, 2.75) is 38.5 Å². The van der Waals surface area contributed by atoms with Gasteiger partial charge in [-0.1, -0.05) is 17.7 Å². The number of carbonyl (C=O) groups is 1. The molecule has 2 rings (SSSR count). The van der Waals surface area contributed by atoms with E-state index in [0.29, 0.717) is 29.7 Å². The van der Waals surface area contributed by atoms with Gasteiger partial charge in [-0.15, -0.1) is 0 Å². The number of aromatic nitrogens is 1. The Kier molecular flexibility index (Phi) is 6.03. The Morgan fingerprint density at radius 1 is 1.48 bits per heavy atom. The van der Waals surface area contributed by atoms with Crippen molar-refractivity contribution >= 4 is 28.5 Å². The van der Waals surface area contributed by atoms with Crippen LogP contribution in [0.2, 0.25) is 5.15 Å². The summed E-state index contributed by atoms with van der Waals surface area (Å²) >= 11 is 5.74. The predicted octanol–water partition coefficient (Wildman–Crippen LogP) is 3.24. The lowest BCUT2D eigenvalue weighted by atomic mass is 10.2. The summed E-state index contributed by atoms with van der Waals surface area (Å²) in [6.07, 6.45) is 2.24. The number of rotatable bonds is 4. The fraction of sp³-hybridized carbons (Fsp3) is 0.625. The number of hydrogen-bond donors (Lipinski definition) is 0. The largest absolute Gasteiger partial charge is 0.444 e. The summed E-state index contributed by atoms with van der Waals surface area (Å²) in [5.74, 6) is 1.30. The second kappa shape index (κ2) is 7.62. The Balaban J connectivity index is 1.79. The Morgan fingerprint density at radius 2 is 2.22 bits per heavy atom. The van der Waals surface area contributed by atoms with Crippen molar-refractivity contribution in [3.63, 3.8) is 0 Å². The molecule has 1 amide bonds. The van der Waals surface area contributed by atoms with Crippen molar-refractivity contribution in [3.8, 4) is 0 Å². The molecule has 1 aliphatic rings.